The van der Waals surface area contributed by atoms with E-state index in [-0.39, 0.29) is 6.54 Å². The summed E-state index contributed by atoms with van der Waals surface area (Å²) in [5.74, 6) is -2.97. The van der Waals surface area contributed by atoms with Gasteiger partial charge in [0.25, 0.3) is 5.92 Å². The summed E-state index contributed by atoms with van der Waals surface area (Å²) in [7, 11) is 0. The van der Waals surface area contributed by atoms with Crippen molar-refractivity contribution in [2.24, 2.45) is 5.92 Å². The highest BCUT2D eigenvalue weighted by molar-refractivity contribution is 4.88. The standard InChI is InChI=1S/C11H19F2NO/c1-9-2-5-14(8-11(9,12)13)10-3-6-15-7-4-10/h9-10H,2-8H2,1H3. The molecule has 0 saturated carbocycles. The van der Waals surface area contributed by atoms with Gasteiger partial charge in [0.1, 0.15) is 0 Å². The molecule has 0 amide bonds. The van der Waals surface area contributed by atoms with E-state index in [0.717, 1.165) is 32.6 Å². The van der Waals surface area contributed by atoms with Crippen LogP contribution in [0.3, 0.4) is 0 Å². The van der Waals surface area contributed by atoms with Crippen LogP contribution in [0.2, 0.25) is 0 Å². The predicted molar refractivity (Wildman–Crippen MR) is 54.1 cm³/mol. The van der Waals surface area contributed by atoms with Crippen LogP contribution in [0.15, 0.2) is 0 Å². The topological polar surface area (TPSA) is 12.5 Å². The molecule has 2 fully saturated rings. The molecular formula is C11H19F2NO. The smallest absolute Gasteiger partial charge is 0.263 e. The van der Waals surface area contributed by atoms with E-state index in [4.69, 9.17) is 4.74 Å². The van der Waals surface area contributed by atoms with Crippen molar-refractivity contribution in [2.45, 2.75) is 38.2 Å². The van der Waals surface area contributed by atoms with E-state index < -0.39 is 11.8 Å². The first-order valence-corrected chi connectivity index (χ1v) is 5.79. The van der Waals surface area contributed by atoms with Crippen LogP contribution in [0, 0.1) is 5.92 Å². The monoisotopic (exact) mass is 219 g/mol. The number of likely N-dealkylation sites (tertiary alicyclic amines) is 1. The molecule has 1 atom stereocenters. The van der Waals surface area contributed by atoms with Crippen LogP contribution in [0.4, 0.5) is 8.78 Å². The van der Waals surface area contributed by atoms with Crippen molar-refractivity contribution < 1.29 is 13.5 Å². The molecule has 88 valence electrons. The molecule has 0 aliphatic carbocycles. The Labute approximate surface area is 89.6 Å². The quantitative estimate of drug-likeness (QED) is 0.670. The Morgan fingerprint density at radius 2 is 1.87 bits per heavy atom. The maximum Gasteiger partial charge on any atom is 0.263 e. The third-order valence-corrected chi connectivity index (χ3v) is 3.69. The van der Waals surface area contributed by atoms with Crippen molar-refractivity contribution in [3.05, 3.63) is 0 Å². The molecule has 2 nitrogen and oxygen atoms in total. The number of halogens is 2. The summed E-state index contributed by atoms with van der Waals surface area (Å²) in [5.41, 5.74) is 0. The molecule has 1 unspecified atom stereocenters. The summed E-state index contributed by atoms with van der Waals surface area (Å²) in [6, 6.07) is 0.317. The van der Waals surface area contributed by atoms with E-state index in [1.165, 1.54) is 0 Å². The van der Waals surface area contributed by atoms with Gasteiger partial charge >= 0.3 is 0 Å². The number of rotatable bonds is 1. The van der Waals surface area contributed by atoms with E-state index in [1.54, 1.807) is 6.92 Å². The Bertz CT molecular complexity index is 217. The number of piperidine rings is 1. The fraction of sp³-hybridized carbons (Fsp3) is 1.00. The summed E-state index contributed by atoms with van der Waals surface area (Å²) >= 11 is 0. The first kappa shape index (κ1) is 11.3. The largest absolute Gasteiger partial charge is 0.381 e. The summed E-state index contributed by atoms with van der Waals surface area (Å²) < 4.78 is 32.3. The van der Waals surface area contributed by atoms with Gasteiger partial charge in [0, 0.05) is 25.2 Å². The van der Waals surface area contributed by atoms with Crippen molar-refractivity contribution in [3.8, 4) is 0 Å². The van der Waals surface area contributed by atoms with Gasteiger partial charge in [0.05, 0.1) is 6.54 Å². The molecular weight excluding hydrogens is 200 g/mol. The van der Waals surface area contributed by atoms with E-state index in [9.17, 15) is 8.78 Å². The molecule has 0 spiro atoms. The SMILES string of the molecule is CC1CCN(C2CCOCC2)CC1(F)F. The molecule has 0 radical (unpaired) electrons. The molecule has 0 aromatic carbocycles. The Balaban J connectivity index is 1.93. The fourth-order valence-electron chi connectivity index (χ4n) is 2.44. The Morgan fingerprint density at radius 1 is 1.20 bits per heavy atom. The molecule has 0 aromatic rings. The summed E-state index contributed by atoms with van der Waals surface area (Å²) in [5, 5.41) is 0. The van der Waals surface area contributed by atoms with Gasteiger partial charge in [-0.15, -0.1) is 0 Å². The summed E-state index contributed by atoms with van der Waals surface area (Å²) in [6.07, 6.45) is 2.43. The van der Waals surface area contributed by atoms with Crippen molar-refractivity contribution in [1.82, 2.24) is 4.90 Å². The molecule has 2 saturated heterocycles. The zero-order chi connectivity index (χ0) is 10.9. The zero-order valence-corrected chi connectivity index (χ0v) is 9.22. The third kappa shape index (κ3) is 2.48. The van der Waals surface area contributed by atoms with Crippen LogP contribution in [-0.4, -0.2) is 43.2 Å². The van der Waals surface area contributed by atoms with Gasteiger partial charge < -0.3 is 4.74 Å². The summed E-state index contributed by atoms with van der Waals surface area (Å²) in [6.45, 7) is 3.87. The van der Waals surface area contributed by atoms with E-state index >= 15 is 0 Å². The van der Waals surface area contributed by atoms with Crippen molar-refractivity contribution in [1.29, 1.82) is 0 Å². The number of hydrogen-bond donors (Lipinski definition) is 0. The minimum atomic E-state index is -2.50. The lowest BCUT2D eigenvalue weighted by atomic mass is 9.92. The molecule has 2 heterocycles. The average Bonchev–Trinajstić information content (AvgIpc) is 2.23. The van der Waals surface area contributed by atoms with Crippen molar-refractivity contribution >= 4 is 0 Å². The minimum absolute atomic E-state index is 0.0567. The molecule has 4 heteroatoms. The highest BCUT2D eigenvalue weighted by Gasteiger charge is 2.43. The Morgan fingerprint density at radius 3 is 2.47 bits per heavy atom. The molecule has 2 rings (SSSR count). The van der Waals surface area contributed by atoms with E-state index in [2.05, 4.69) is 0 Å². The summed E-state index contributed by atoms with van der Waals surface area (Å²) in [4.78, 5) is 1.96. The molecule has 0 N–H and O–H groups in total. The highest BCUT2D eigenvalue weighted by atomic mass is 19.3. The second-order valence-corrected chi connectivity index (χ2v) is 4.76. The number of nitrogens with zero attached hydrogens (tertiary/aromatic N) is 1. The second-order valence-electron chi connectivity index (χ2n) is 4.76. The Hall–Kier alpha value is -0.220. The van der Waals surface area contributed by atoms with Crippen LogP contribution in [0.5, 0.6) is 0 Å². The average molecular weight is 219 g/mol. The lowest BCUT2D eigenvalue weighted by molar-refractivity contribution is -0.121. The number of ether oxygens (including phenoxy) is 1. The van der Waals surface area contributed by atoms with Crippen molar-refractivity contribution in [3.63, 3.8) is 0 Å². The molecule has 2 aliphatic rings. The number of hydrogen-bond acceptors (Lipinski definition) is 2. The maximum atomic E-state index is 13.5. The first-order chi connectivity index (χ1) is 7.09. The normalized spacial score (nSPS) is 34.2. The molecule has 2 aliphatic heterocycles. The second kappa shape index (κ2) is 4.34. The Kier molecular flexibility index (Phi) is 3.26. The minimum Gasteiger partial charge on any atom is -0.381 e. The molecule has 0 aromatic heterocycles. The lowest BCUT2D eigenvalue weighted by Gasteiger charge is -2.42. The van der Waals surface area contributed by atoms with Crippen LogP contribution >= 0.6 is 0 Å². The van der Waals surface area contributed by atoms with E-state index in [1.807, 2.05) is 4.90 Å². The lowest BCUT2D eigenvalue weighted by Crippen LogP contribution is -2.52. The highest BCUT2D eigenvalue weighted by Crippen LogP contribution is 2.34. The van der Waals surface area contributed by atoms with Crippen LogP contribution in [0.25, 0.3) is 0 Å². The predicted octanol–water partition coefficient (Wildman–Crippen LogP) is 2.14. The van der Waals surface area contributed by atoms with Crippen LogP contribution in [-0.2, 0) is 4.74 Å². The number of alkyl halides is 2. The van der Waals surface area contributed by atoms with Crippen LogP contribution < -0.4 is 0 Å². The third-order valence-electron chi connectivity index (χ3n) is 3.69. The van der Waals surface area contributed by atoms with Gasteiger partial charge in [0.15, 0.2) is 0 Å². The van der Waals surface area contributed by atoms with Crippen molar-refractivity contribution in [2.75, 3.05) is 26.3 Å². The van der Waals surface area contributed by atoms with Gasteiger partial charge in [-0.25, -0.2) is 8.78 Å². The van der Waals surface area contributed by atoms with Crippen LogP contribution in [0.1, 0.15) is 26.2 Å². The first-order valence-electron chi connectivity index (χ1n) is 5.79. The van der Waals surface area contributed by atoms with Gasteiger partial charge in [0.2, 0.25) is 0 Å². The van der Waals surface area contributed by atoms with Gasteiger partial charge in [-0.2, -0.15) is 0 Å². The van der Waals surface area contributed by atoms with E-state index in [0.29, 0.717) is 12.5 Å². The molecule has 0 bridgehead atoms. The maximum absolute atomic E-state index is 13.5. The van der Waals surface area contributed by atoms with Gasteiger partial charge in [-0.05, 0) is 25.8 Å². The zero-order valence-electron chi connectivity index (χ0n) is 9.22. The van der Waals surface area contributed by atoms with Gasteiger partial charge in [-0.3, -0.25) is 4.90 Å². The molecule has 15 heavy (non-hydrogen) atoms. The van der Waals surface area contributed by atoms with Gasteiger partial charge in [-0.1, -0.05) is 6.92 Å². The fourth-order valence-corrected chi connectivity index (χ4v) is 2.44.